The van der Waals surface area contributed by atoms with Crippen molar-refractivity contribution < 1.29 is 4.79 Å². The number of rotatable bonds is 5. The lowest BCUT2D eigenvalue weighted by atomic mass is 9.86. The van der Waals surface area contributed by atoms with Crippen molar-refractivity contribution >= 4 is 5.78 Å². The second kappa shape index (κ2) is 6.00. The fourth-order valence-electron chi connectivity index (χ4n) is 4.31. The number of carbonyl (C=O) groups excluding carboxylic acids is 1. The molecule has 2 heterocycles. The number of Topliss-reactive ketones (excluding diaryl/α,β-unsaturated/α-hetero) is 1. The van der Waals surface area contributed by atoms with Crippen LogP contribution in [0.1, 0.15) is 59.8 Å². The molecule has 0 aromatic rings. The Morgan fingerprint density at radius 3 is 2.43 bits per heavy atom. The summed E-state index contributed by atoms with van der Waals surface area (Å²) < 4.78 is 0. The summed E-state index contributed by atoms with van der Waals surface area (Å²) in [5.41, 5.74) is 0. The van der Waals surface area contributed by atoms with E-state index in [2.05, 4.69) is 37.9 Å². The summed E-state index contributed by atoms with van der Waals surface area (Å²) in [6.45, 7) is 10.4. The Morgan fingerprint density at radius 1 is 1.14 bits per heavy atom. The van der Waals surface area contributed by atoms with Crippen LogP contribution in [0.25, 0.3) is 0 Å². The summed E-state index contributed by atoms with van der Waals surface area (Å²) in [6, 6.07) is 1.91. The van der Waals surface area contributed by atoms with Gasteiger partial charge in [0.15, 0.2) is 5.78 Å². The predicted molar refractivity (Wildman–Crippen MR) is 86.3 cm³/mol. The van der Waals surface area contributed by atoms with Crippen LogP contribution in [-0.2, 0) is 4.79 Å². The zero-order valence-electron chi connectivity index (χ0n) is 14.1. The Labute approximate surface area is 129 Å². The summed E-state index contributed by atoms with van der Waals surface area (Å²) in [5.74, 6) is 2.27. The molecule has 0 amide bonds. The third-order valence-corrected chi connectivity index (χ3v) is 5.81. The van der Waals surface area contributed by atoms with Crippen molar-refractivity contribution in [2.24, 2.45) is 17.8 Å². The van der Waals surface area contributed by atoms with Crippen molar-refractivity contribution in [2.45, 2.75) is 84.0 Å². The maximum atomic E-state index is 12.8. The van der Waals surface area contributed by atoms with Gasteiger partial charge in [-0.15, -0.1) is 0 Å². The molecule has 0 bridgehead atoms. The van der Waals surface area contributed by atoms with E-state index in [1.165, 1.54) is 19.3 Å². The molecule has 1 aliphatic carbocycles. The highest BCUT2D eigenvalue weighted by molar-refractivity contribution is 5.90. The molecule has 2 aliphatic heterocycles. The second-order valence-electron chi connectivity index (χ2n) is 8.13. The van der Waals surface area contributed by atoms with Gasteiger partial charge in [-0.2, -0.15) is 0 Å². The van der Waals surface area contributed by atoms with Crippen molar-refractivity contribution in [3.63, 3.8) is 0 Å². The standard InChI is InChI=1S/C18H32N2O/c1-11(2)15-10-14(6-5-9-20(15)12(3)4)18(21)17-16(19-17)13-7-8-13/h11-17,19H,5-10H2,1-4H3/t14?,15?,16-,17+/m0/s1. The number of hydrogen-bond donors (Lipinski definition) is 1. The van der Waals surface area contributed by atoms with Crippen LogP contribution in [0.5, 0.6) is 0 Å². The molecule has 0 radical (unpaired) electrons. The lowest BCUT2D eigenvalue weighted by molar-refractivity contribution is -0.123. The van der Waals surface area contributed by atoms with Gasteiger partial charge in [-0.3, -0.25) is 9.69 Å². The number of likely N-dealkylation sites (tertiary alicyclic amines) is 1. The fraction of sp³-hybridized carbons (Fsp3) is 0.944. The third kappa shape index (κ3) is 3.34. The van der Waals surface area contributed by atoms with E-state index in [-0.39, 0.29) is 6.04 Å². The summed E-state index contributed by atoms with van der Waals surface area (Å²) in [5, 5.41) is 3.46. The molecule has 2 saturated heterocycles. The molecule has 4 atom stereocenters. The Balaban J connectivity index is 1.64. The SMILES string of the molecule is CC(C)C1CC(C(=O)[C@@H]2N[C@H]2C2CC2)CCCN1C(C)C. The first kappa shape index (κ1) is 15.5. The molecule has 3 rings (SSSR count). The van der Waals surface area contributed by atoms with Crippen molar-refractivity contribution in [1.82, 2.24) is 10.2 Å². The van der Waals surface area contributed by atoms with Crippen LogP contribution in [0, 0.1) is 17.8 Å². The first-order chi connectivity index (χ1) is 9.99. The van der Waals surface area contributed by atoms with Gasteiger partial charge in [-0.05, 0) is 64.3 Å². The summed E-state index contributed by atoms with van der Waals surface area (Å²) in [7, 11) is 0. The molecule has 1 N–H and O–H groups in total. The number of carbonyl (C=O) groups is 1. The third-order valence-electron chi connectivity index (χ3n) is 5.81. The smallest absolute Gasteiger partial charge is 0.154 e. The van der Waals surface area contributed by atoms with Crippen LogP contribution < -0.4 is 5.32 Å². The van der Waals surface area contributed by atoms with Gasteiger partial charge in [0.1, 0.15) is 0 Å². The monoisotopic (exact) mass is 292 g/mol. The van der Waals surface area contributed by atoms with Gasteiger partial charge >= 0.3 is 0 Å². The first-order valence-corrected chi connectivity index (χ1v) is 9.04. The van der Waals surface area contributed by atoms with Crippen molar-refractivity contribution in [1.29, 1.82) is 0 Å². The quantitative estimate of drug-likeness (QED) is 0.792. The molecule has 0 spiro atoms. The fourth-order valence-corrected chi connectivity index (χ4v) is 4.31. The normalized spacial score (nSPS) is 37.8. The highest BCUT2D eigenvalue weighted by Gasteiger charge is 2.52. The van der Waals surface area contributed by atoms with Crippen LogP contribution >= 0.6 is 0 Å². The number of hydrogen-bond acceptors (Lipinski definition) is 3. The van der Waals surface area contributed by atoms with Gasteiger partial charge in [0.05, 0.1) is 6.04 Å². The highest BCUT2D eigenvalue weighted by Crippen LogP contribution is 2.41. The van der Waals surface area contributed by atoms with Crippen LogP contribution in [0.15, 0.2) is 0 Å². The van der Waals surface area contributed by atoms with Gasteiger partial charge in [0, 0.05) is 24.0 Å². The van der Waals surface area contributed by atoms with Gasteiger partial charge in [-0.1, -0.05) is 13.8 Å². The minimum absolute atomic E-state index is 0.209. The van der Waals surface area contributed by atoms with Gasteiger partial charge < -0.3 is 5.32 Å². The molecule has 3 heteroatoms. The van der Waals surface area contributed by atoms with Gasteiger partial charge in [-0.25, -0.2) is 0 Å². The zero-order valence-corrected chi connectivity index (χ0v) is 14.1. The van der Waals surface area contributed by atoms with E-state index >= 15 is 0 Å². The molecule has 3 nitrogen and oxygen atoms in total. The van der Waals surface area contributed by atoms with Gasteiger partial charge in [0.25, 0.3) is 0 Å². The molecule has 1 saturated carbocycles. The number of ketones is 1. The van der Waals surface area contributed by atoms with E-state index in [4.69, 9.17) is 0 Å². The van der Waals surface area contributed by atoms with E-state index in [0.717, 1.165) is 25.3 Å². The molecule has 120 valence electrons. The lowest BCUT2D eigenvalue weighted by Gasteiger charge is -2.36. The molecular formula is C18H32N2O. The summed E-state index contributed by atoms with van der Waals surface area (Å²) in [4.78, 5) is 15.5. The highest BCUT2D eigenvalue weighted by atomic mass is 16.1. The maximum absolute atomic E-state index is 12.8. The molecule has 0 aromatic heterocycles. The second-order valence-corrected chi connectivity index (χ2v) is 8.13. The predicted octanol–water partition coefficient (Wildman–Crippen LogP) is 2.84. The Hall–Kier alpha value is -0.410. The van der Waals surface area contributed by atoms with E-state index in [1.54, 1.807) is 0 Å². The van der Waals surface area contributed by atoms with Gasteiger partial charge in [0.2, 0.25) is 0 Å². The van der Waals surface area contributed by atoms with Crippen LogP contribution in [0.2, 0.25) is 0 Å². The Morgan fingerprint density at radius 2 is 1.86 bits per heavy atom. The molecule has 21 heavy (non-hydrogen) atoms. The topological polar surface area (TPSA) is 42.3 Å². The number of nitrogens with zero attached hydrogens (tertiary/aromatic N) is 1. The Kier molecular flexibility index (Phi) is 4.42. The molecular weight excluding hydrogens is 260 g/mol. The van der Waals surface area contributed by atoms with Crippen molar-refractivity contribution in [3.8, 4) is 0 Å². The van der Waals surface area contributed by atoms with Crippen LogP contribution in [-0.4, -0.2) is 41.4 Å². The van der Waals surface area contributed by atoms with E-state index in [0.29, 0.717) is 35.7 Å². The zero-order chi connectivity index (χ0) is 15.1. The molecule has 0 aromatic carbocycles. The first-order valence-electron chi connectivity index (χ1n) is 9.04. The minimum atomic E-state index is 0.209. The number of nitrogens with one attached hydrogen (secondary N) is 1. The Bertz CT molecular complexity index is 389. The lowest BCUT2D eigenvalue weighted by Crippen LogP contribution is -2.44. The summed E-state index contributed by atoms with van der Waals surface area (Å²) in [6.07, 6.45) is 6.02. The largest absolute Gasteiger partial charge is 0.301 e. The average molecular weight is 292 g/mol. The maximum Gasteiger partial charge on any atom is 0.154 e. The van der Waals surface area contributed by atoms with E-state index < -0.39 is 0 Å². The van der Waals surface area contributed by atoms with E-state index in [9.17, 15) is 4.79 Å². The van der Waals surface area contributed by atoms with Crippen LogP contribution in [0.4, 0.5) is 0 Å². The van der Waals surface area contributed by atoms with Crippen molar-refractivity contribution in [3.05, 3.63) is 0 Å². The van der Waals surface area contributed by atoms with Crippen molar-refractivity contribution in [2.75, 3.05) is 6.54 Å². The molecule has 3 aliphatic rings. The molecule has 3 fully saturated rings. The van der Waals surface area contributed by atoms with Crippen LogP contribution in [0.3, 0.4) is 0 Å². The average Bonchev–Trinajstić information content (AvgIpc) is 3.31. The molecule has 2 unspecified atom stereocenters. The summed E-state index contributed by atoms with van der Waals surface area (Å²) >= 11 is 0. The minimum Gasteiger partial charge on any atom is -0.301 e. The van der Waals surface area contributed by atoms with E-state index in [1.807, 2.05) is 0 Å².